The van der Waals surface area contributed by atoms with Crippen molar-refractivity contribution in [3.05, 3.63) is 59.9 Å². The lowest BCUT2D eigenvalue weighted by Gasteiger charge is -2.36. The molecule has 0 N–H and O–H groups in total. The van der Waals surface area contributed by atoms with E-state index in [2.05, 4.69) is 25.6 Å². The molecule has 30 heavy (non-hydrogen) atoms. The quantitative estimate of drug-likeness (QED) is 0.426. The Kier molecular flexibility index (Phi) is 5.04. The minimum atomic E-state index is -0.512. The van der Waals surface area contributed by atoms with E-state index in [-0.39, 0.29) is 17.3 Å². The maximum Gasteiger partial charge on any atom is 0.343 e. The average Bonchev–Trinajstić information content (AvgIpc) is 3.43. The van der Waals surface area contributed by atoms with Gasteiger partial charge in [0, 0.05) is 10.5 Å². The van der Waals surface area contributed by atoms with Crippen LogP contribution >= 0.6 is 11.8 Å². The van der Waals surface area contributed by atoms with E-state index in [4.69, 9.17) is 9.47 Å². The van der Waals surface area contributed by atoms with Crippen LogP contribution in [0.4, 0.5) is 4.39 Å². The van der Waals surface area contributed by atoms with Crippen LogP contribution < -0.4 is 9.47 Å². The molecule has 2 saturated heterocycles. The lowest BCUT2D eigenvalue weighted by atomic mass is 9.82. The summed E-state index contributed by atoms with van der Waals surface area (Å²) in [7, 11) is 0. The fraction of sp³-hybridized carbons (Fsp3) is 0.480. The number of rotatable bonds is 5. The number of hydrogen-bond donors (Lipinski definition) is 0. The molecule has 0 aromatic heterocycles. The predicted octanol–water partition coefficient (Wildman–Crippen LogP) is 6.12. The van der Waals surface area contributed by atoms with Gasteiger partial charge in [0.15, 0.2) is 11.6 Å². The van der Waals surface area contributed by atoms with E-state index in [1.54, 1.807) is 24.3 Å². The largest absolute Gasteiger partial charge is 0.484 e. The minimum absolute atomic E-state index is 0.159. The molecule has 4 unspecified atom stereocenters. The van der Waals surface area contributed by atoms with E-state index in [1.165, 1.54) is 31.0 Å². The first-order valence-electron chi connectivity index (χ1n) is 10.9. The Morgan fingerprint density at radius 3 is 2.37 bits per heavy atom. The molecule has 158 valence electrons. The summed E-state index contributed by atoms with van der Waals surface area (Å²) < 4.78 is 26.6. The number of esters is 1. The highest BCUT2D eigenvalue weighted by Crippen LogP contribution is 2.63. The van der Waals surface area contributed by atoms with Gasteiger partial charge in [-0.3, -0.25) is 0 Å². The van der Waals surface area contributed by atoms with Crippen LogP contribution in [-0.4, -0.2) is 22.1 Å². The summed E-state index contributed by atoms with van der Waals surface area (Å²) in [6, 6.07) is 13.2. The van der Waals surface area contributed by atoms with Crippen LogP contribution in [0.15, 0.2) is 48.5 Å². The number of carbonyl (C=O) groups is 1. The van der Waals surface area contributed by atoms with Crippen LogP contribution in [0.25, 0.3) is 0 Å². The lowest BCUT2D eigenvalue weighted by molar-refractivity contribution is 0.0187. The summed E-state index contributed by atoms with van der Waals surface area (Å²) >= 11 is 2.16. The lowest BCUT2D eigenvalue weighted by Crippen LogP contribution is -2.40. The molecule has 2 aromatic rings. The second-order valence-corrected chi connectivity index (χ2v) is 10.7. The summed E-state index contributed by atoms with van der Waals surface area (Å²) in [5.41, 5.74) is -0.0806. The summed E-state index contributed by atoms with van der Waals surface area (Å²) in [6.07, 6.45) is 4.56. The molecule has 1 saturated carbocycles. The van der Waals surface area contributed by atoms with E-state index in [9.17, 15) is 9.18 Å². The van der Waals surface area contributed by atoms with Crippen molar-refractivity contribution in [3.8, 4) is 11.5 Å². The van der Waals surface area contributed by atoms with E-state index in [0.717, 1.165) is 23.3 Å². The average molecular weight is 427 g/mol. The number of fused-ring (bicyclic) bond motifs is 5. The van der Waals surface area contributed by atoms with Crippen molar-refractivity contribution in [1.29, 1.82) is 0 Å². The molecule has 2 bridgehead atoms. The molecular weight excluding hydrogens is 399 g/mol. The normalized spacial score (nSPS) is 31.7. The highest BCUT2D eigenvalue weighted by atomic mass is 32.2. The second kappa shape index (κ2) is 7.60. The van der Waals surface area contributed by atoms with Crippen molar-refractivity contribution in [2.45, 2.75) is 55.6 Å². The Morgan fingerprint density at radius 2 is 1.73 bits per heavy atom. The minimum Gasteiger partial charge on any atom is -0.484 e. The molecule has 5 rings (SSSR count). The molecular formula is C25H27FO3S. The van der Waals surface area contributed by atoms with Crippen molar-refractivity contribution in [2.75, 3.05) is 0 Å². The molecule has 1 aliphatic carbocycles. The fourth-order valence-corrected chi connectivity index (χ4v) is 7.57. The summed E-state index contributed by atoms with van der Waals surface area (Å²) in [5, 5.41) is 1.47. The molecule has 4 atom stereocenters. The highest BCUT2D eigenvalue weighted by Gasteiger charge is 2.59. The zero-order valence-electron chi connectivity index (χ0n) is 17.3. The van der Waals surface area contributed by atoms with Crippen LogP contribution in [0.3, 0.4) is 0 Å². The number of benzene rings is 2. The standard InChI is InChI=1S/C25H27FO3S/c1-15(2)25(13-18-19(14-25)23-11-10-22(18)30-23)29-21-12-16(8-9-20(21)26)24(27)28-17-6-4-3-5-7-17/h3-9,12,15,18-19,22-23H,10-11,13-14H2,1-2H3. The number of para-hydroxylation sites is 1. The number of ether oxygens (including phenoxy) is 2. The van der Waals surface area contributed by atoms with Gasteiger partial charge < -0.3 is 9.47 Å². The summed E-state index contributed by atoms with van der Waals surface area (Å²) in [5.74, 6) is 1.29. The van der Waals surface area contributed by atoms with Crippen molar-refractivity contribution in [3.63, 3.8) is 0 Å². The summed E-state index contributed by atoms with van der Waals surface area (Å²) in [4.78, 5) is 12.6. The van der Waals surface area contributed by atoms with Crippen molar-refractivity contribution < 1.29 is 18.7 Å². The van der Waals surface area contributed by atoms with Crippen LogP contribution in [0.5, 0.6) is 11.5 Å². The van der Waals surface area contributed by atoms with Crippen molar-refractivity contribution in [1.82, 2.24) is 0 Å². The molecule has 2 aliphatic heterocycles. The third-order valence-electron chi connectivity index (χ3n) is 7.24. The molecule has 3 aliphatic rings. The molecule has 3 nitrogen and oxygen atoms in total. The molecule has 0 radical (unpaired) electrons. The van der Waals surface area contributed by atoms with Gasteiger partial charge in [0.05, 0.1) is 5.56 Å². The third-order valence-corrected chi connectivity index (χ3v) is 9.11. The van der Waals surface area contributed by atoms with E-state index in [0.29, 0.717) is 23.1 Å². The number of thioether (sulfide) groups is 1. The first kappa shape index (κ1) is 19.9. The van der Waals surface area contributed by atoms with E-state index >= 15 is 0 Å². The van der Waals surface area contributed by atoms with Gasteiger partial charge in [-0.1, -0.05) is 32.0 Å². The Labute approximate surface area is 181 Å². The van der Waals surface area contributed by atoms with Crippen molar-refractivity contribution in [2.24, 2.45) is 17.8 Å². The third kappa shape index (κ3) is 3.41. The fourth-order valence-electron chi connectivity index (χ4n) is 5.57. The van der Waals surface area contributed by atoms with Gasteiger partial charge in [-0.25, -0.2) is 9.18 Å². The van der Waals surface area contributed by atoms with E-state index < -0.39 is 11.8 Å². The van der Waals surface area contributed by atoms with Gasteiger partial charge >= 0.3 is 5.97 Å². The molecule has 0 amide bonds. The molecule has 0 spiro atoms. The highest BCUT2D eigenvalue weighted by molar-refractivity contribution is 8.01. The van der Waals surface area contributed by atoms with Crippen LogP contribution in [-0.2, 0) is 0 Å². The maximum absolute atomic E-state index is 14.7. The smallest absolute Gasteiger partial charge is 0.343 e. The predicted molar refractivity (Wildman–Crippen MR) is 117 cm³/mol. The Balaban J connectivity index is 1.38. The Hall–Kier alpha value is -2.01. The van der Waals surface area contributed by atoms with Gasteiger partial charge in [0.1, 0.15) is 11.4 Å². The SMILES string of the molecule is CC(C)C1(Oc2cc(C(=O)Oc3ccccc3)ccc2F)CC2C3CCC(S3)C2C1. The van der Waals surface area contributed by atoms with Gasteiger partial charge in [-0.2, -0.15) is 11.8 Å². The van der Waals surface area contributed by atoms with Gasteiger partial charge in [0.2, 0.25) is 0 Å². The molecule has 3 fully saturated rings. The maximum atomic E-state index is 14.7. The topological polar surface area (TPSA) is 35.5 Å². The zero-order valence-corrected chi connectivity index (χ0v) is 18.2. The first-order chi connectivity index (χ1) is 14.4. The molecule has 2 aromatic carbocycles. The monoisotopic (exact) mass is 426 g/mol. The number of carbonyl (C=O) groups excluding carboxylic acids is 1. The molecule has 5 heteroatoms. The van der Waals surface area contributed by atoms with Gasteiger partial charge in [-0.15, -0.1) is 0 Å². The van der Waals surface area contributed by atoms with Crippen LogP contribution in [0, 0.1) is 23.6 Å². The van der Waals surface area contributed by atoms with Crippen molar-refractivity contribution >= 4 is 17.7 Å². The van der Waals surface area contributed by atoms with Gasteiger partial charge in [0.25, 0.3) is 0 Å². The van der Waals surface area contributed by atoms with E-state index in [1.807, 2.05) is 6.07 Å². The second-order valence-electron chi connectivity index (χ2n) is 9.20. The Morgan fingerprint density at radius 1 is 1.07 bits per heavy atom. The summed E-state index contributed by atoms with van der Waals surface area (Å²) in [6.45, 7) is 4.34. The first-order valence-corrected chi connectivity index (χ1v) is 11.8. The number of halogens is 1. The van der Waals surface area contributed by atoms with Crippen LogP contribution in [0.1, 0.15) is 49.9 Å². The Bertz CT molecular complexity index is 927. The van der Waals surface area contributed by atoms with Gasteiger partial charge in [-0.05, 0) is 73.8 Å². The van der Waals surface area contributed by atoms with Crippen LogP contribution in [0.2, 0.25) is 0 Å². The zero-order chi connectivity index (χ0) is 20.9. The molecule has 2 heterocycles. The number of hydrogen-bond acceptors (Lipinski definition) is 4.